The van der Waals surface area contributed by atoms with Crippen molar-refractivity contribution in [2.75, 3.05) is 5.32 Å². The molecule has 0 bridgehead atoms. The zero-order valence-corrected chi connectivity index (χ0v) is 8.42. The molecule has 0 aliphatic rings. The molecule has 2 aromatic rings. The quantitative estimate of drug-likeness (QED) is 0.844. The summed E-state index contributed by atoms with van der Waals surface area (Å²) in [5.74, 6) is -0.295. The van der Waals surface area contributed by atoms with Gasteiger partial charge in [-0.25, -0.2) is 14.4 Å². The maximum absolute atomic E-state index is 13.2. The van der Waals surface area contributed by atoms with Crippen molar-refractivity contribution in [3.05, 3.63) is 41.3 Å². The number of nitrogens with one attached hydrogen (secondary N) is 2. The van der Waals surface area contributed by atoms with Crippen LogP contribution >= 0.6 is 11.6 Å². The lowest BCUT2D eigenvalue weighted by Gasteiger charge is -2.04. The van der Waals surface area contributed by atoms with Crippen LogP contribution in [0.2, 0.25) is 5.02 Å². The van der Waals surface area contributed by atoms with Gasteiger partial charge in [0, 0.05) is 12.4 Å². The maximum atomic E-state index is 13.2. The summed E-state index contributed by atoms with van der Waals surface area (Å²) in [6.07, 6.45) is 4.60. The second-order valence-corrected chi connectivity index (χ2v) is 3.35. The summed E-state index contributed by atoms with van der Waals surface area (Å²) in [5, 5.41) is 3.10. The van der Waals surface area contributed by atoms with Gasteiger partial charge >= 0.3 is 0 Å². The van der Waals surface area contributed by atoms with Crippen molar-refractivity contribution < 1.29 is 4.39 Å². The lowest BCUT2D eigenvalue weighted by molar-refractivity contribution is 0.624. The van der Waals surface area contributed by atoms with Gasteiger partial charge in [-0.05, 0) is 6.07 Å². The minimum atomic E-state index is -0.470. The van der Waals surface area contributed by atoms with E-state index in [9.17, 15) is 4.39 Å². The Kier molecular flexibility index (Phi) is 2.82. The number of hydrogen-bond donors (Lipinski definition) is 2. The van der Waals surface area contributed by atoms with Gasteiger partial charge in [-0.15, -0.1) is 0 Å². The highest BCUT2D eigenvalue weighted by molar-refractivity contribution is 6.30. The van der Waals surface area contributed by atoms with Crippen LogP contribution in [0.15, 0.2) is 24.8 Å². The second kappa shape index (κ2) is 4.27. The number of H-pyrrole nitrogens is 1. The van der Waals surface area contributed by atoms with E-state index in [2.05, 4.69) is 20.3 Å². The molecule has 0 saturated carbocycles. The lowest BCUT2D eigenvalue weighted by atomic mass is 10.4. The average molecular weight is 227 g/mol. The summed E-state index contributed by atoms with van der Waals surface area (Å²) in [7, 11) is 0. The van der Waals surface area contributed by atoms with Crippen LogP contribution < -0.4 is 5.32 Å². The van der Waals surface area contributed by atoms with Crippen LogP contribution in [0.1, 0.15) is 5.69 Å². The fourth-order valence-electron chi connectivity index (χ4n) is 1.10. The standard InChI is InChI=1S/C9H8ClFN4/c10-6-1-8(11)9(13-2-6)14-4-7-3-12-5-15-7/h1-3,5H,4H2,(H,12,15)(H,13,14). The molecule has 0 amide bonds. The molecular weight excluding hydrogens is 219 g/mol. The average Bonchev–Trinajstić information content (AvgIpc) is 2.69. The van der Waals surface area contributed by atoms with Crippen molar-refractivity contribution in [1.29, 1.82) is 0 Å². The van der Waals surface area contributed by atoms with Crippen molar-refractivity contribution in [2.24, 2.45) is 0 Å². The molecule has 2 aromatic heterocycles. The molecule has 4 nitrogen and oxygen atoms in total. The molecule has 0 saturated heterocycles. The first kappa shape index (κ1) is 9.92. The summed E-state index contributed by atoms with van der Waals surface area (Å²) in [6.45, 7) is 0.436. The molecule has 0 spiro atoms. The highest BCUT2D eigenvalue weighted by Crippen LogP contribution is 2.15. The van der Waals surface area contributed by atoms with E-state index in [1.54, 1.807) is 12.5 Å². The molecule has 0 unspecified atom stereocenters. The summed E-state index contributed by atoms with van der Waals surface area (Å²) >= 11 is 5.57. The number of hydrogen-bond acceptors (Lipinski definition) is 3. The van der Waals surface area contributed by atoms with E-state index in [0.717, 1.165) is 5.69 Å². The molecule has 78 valence electrons. The normalized spacial score (nSPS) is 10.3. The van der Waals surface area contributed by atoms with E-state index in [0.29, 0.717) is 6.54 Å². The zero-order valence-electron chi connectivity index (χ0n) is 7.67. The van der Waals surface area contributed by atoms with E-state index < -0.39 is 5.82 Å². The van der Waals surface area contributed by atoms with Gasteiger partial charge in [0.15, 0.2) is 11.6 Å². The fraction of sp³-hybridized carbons (Fsp3) is 0.111. The Labute approximate surface area is 90.5 Å². The Balaban J connectivity index is 2.05. The number of rotatable bonds is 3. The van der Waals surface area contributed by atoms with Gasteiger partial charge < -0.3 is 10.3 Å². The minimum absolute atomic E-state index is 0.175. The molecule has 6 heteroatoms. The second-order valence-electron chi connectivity index (χ2n) is 2.91. The van der Waals surface area contributed by atoms with E-state index >= 15 is 0 Å². The molecular formula is C9H8ClFN4. The predicted octanol–water partition coefficient (Wildman–Crippen LogP) is 2.21. The van der Waals surface area contributed by atoms with Gasteiger partial charge in [0.25, 0.3) is 0 Å². The van der Waals surface area contributed by atoms with Gasteiger partial charge in [0.2, 0.25) is 0 Å². The lowest BCUT2D eigenvalue weighted by Crippen LogP contribution is -2.03. The van der Waals surface area contributed by atoms with Gasteiger partial charge in [0.05, 0.1) is 23.6 Å². The minimum Gasteiger partial charge on any atom is -0.362 e. The molecule has 15 heavy (non-hydrogen) atoms. The Morgan fingerprint density at radius 2 is 2.33 bits per heavy atom. The summed E-state index contributed by atoms with van der Waals surface area (Å²) < 4.78 is 13.2. The van der Waals surface area contributed by atoms with Crippen LogP contribution in [-0.2, 0) is 6.54 Å². The molecule has 0 radical (unpaired) electrons. The number of imidazole rings is 1. The summed E-state index contributed by atoms with van der Waals surface area (Å²) in [5.41, 5.74) is 0.853. The first-order chi connectivity index (χ1) is 7.25. The van der Waals surface area contributed by atoms with Crippen LogP contribution in [0.25, 0.3) is 0 Å². The predicted molar refractivity (Wildman–Crippen MR) is 55.1 cm³/mol. The third-order valence-corrected chi connectivity index (χ3v) is 2.02. The largest absolute Gasteiger partial charge is 0.362 e. The zero-order chi connectivity index (χ0) is 10.7. The number of pyridine rings is 1. The van der Waals surface area contributed by atoms with E-state index in [1.165, 1.54) is 12.3 Å². The summed E-state index contributed by atoms with van der Waals surface area (Å²) in [4.78, 5) is 10.6. The number of aromatic amines is 1. The van der Waals surface area contributed by atoms with Gasteiger partial charge in [0.1, 0.15) is 0 Å². The van der Waals surface area contributed by atoms with Gasteiger partial charge in [-0.3, -0.25) is 0 Å². The maximum Gasteiger partial charge on any atom is 0.166 e. The smallest absolute Gasteiger partial charge is 0.166 e. The monoisotopic (exact) mass is 226 g/mol. The number of aromatic nitrogens is 3. The van der Waals surface area contributed by atoms with Crippen LogP contribution in [0, 0.1) is 5.82 Å². The SMILES string of the molecule is Fc1cc(Cl)cnc1NCc1cnc[nH]1. The van der Waals surface area contributed by atoms with Gasteiger partial charge in [-0.2, -0.15) is 0 Å². The third kappa shape index (κ3) is 2.44. The Morgan fingerprint density at radius 3 is 3.00 bits per heavy atom. The van der Waals surface area contributed by atoms with Crippen molar-refractivity contribution in [3.8, 4) is 0 Å². The molecule has 0 fully saturated rings. The Bertz CT molecular complexity index is 443. The Hall–Kier alpha value is -1.62. The number of halogens is 2. The van der Waals surface area contributed by atoms with Crippen LogP contribution in [0.5, 0.6) is 0 Å². The molecule has 0 aromatic carbocycles. The first-order valence-corrected chi connectivity index (χ1v) is 4.65. The van der Waals surface area contributed by atoms with E-state index in [4.69, 9.17) is 11.6 Å². The van der Waals surface area contributed by atoms with E-state index in [1.807, 2.05) is 0 Å². The first-order valence-electron chi connectivity index (χ1n) is 4.28. The van der Waals surface area contributed by atoms with Crippen molar-refractivity contribution in [3.63, 3.8) is 0 Å². The topological polar surface area (TPSA) is 53.6 Å². The van der Waals surface area contributed by atoms with Crippen LogP contribution in [0.4, 0.5) is 10.2 Å². The van der Waals surface area contributed by atoms with Crippen molar-refractivity contribution >= 4 is 17.4 Å². The van der Waals surface area contributed by atoms with Crippen molar-refractivity contribution in [1.82, 2.24) is 15.0 Å². The van der Waals surface area contributed by atoms with Crippen molar-refractivity contribution in [2.45, 2.75) is 6.54 Å². The molecule has 0 aliphatic heterocycles. The van der Waals surface area contributed by atoms with E-state index in [-0.39, 0.29) is 10.8 Å². The number of anilines is 1. The van der Waals surface area contributed by atoms with Gasteiger partial charge in [-0.1, -0.05) is 11.6 Å². The third-order valence-electron chi connectivity index (χ3n) is 1.81. The fourth-order valence-corrected chi connectivity index (χ4v) is 1.25. The molecule has 2 heterocycles. The molecule has 2 N–H and O–H groups in total. The highest BCUT2D eigenvalue weighted by atomic mass is 35.5. The summed E-state index contributed by atoms with van der Waals surface area (Å²) in [6, 6.07) is 1.21. The van der Waals surface area contributed by atoms with Crippen LogP contribution in [0.3, 0.4) is 0 Å². The Morgan fingerprint density at radius 1 is 1.47 bits per heavy atom. The molecule has 0 aliphatic carbocycles. The highest BCUT2D eigenvalue weighted by Gasteiger charge is 2.04. The molecule has 2 rings (SSSR count). The molecule has 0 atom stereocenters. The van der Waals surface area contributed by atoms with Crippen LogP contribution in [-0.4, -0.2) is 15.0 Å². The number of nitrogens with zero attached hydrogens (tertiary/aromatic N) is 2.